The van der Waals surface area contributed by atoms with Crippen LogP contribution in [-0.2, 0) is 16.0 Å². The summed E-state index contributed by atoms with van der Waals surface area (Å²) in [6.45, 7) is 0.342. The first-order chi connectivity index (χ1) is 18.9. The summed E-state index contributed by atoms with van der Waals surface area (Å²) in [7, 11) is 0. The molecule has 2 aromatic carbocycles. The van der Waals surface area contributed by atoms with Crippen molar-refractivity contribution >= 4 is 69.3 Å². The van der Waals surface area contributed by atoms with E-state index in [2.05, 4.69) is 15.3 Å². The van der Waals surface area contributed by atoms with Crippen LogP contribution in [0.3, 0.4) is 0 Å². The van der Waals surface area contributed by atoms with Gasteiger partial charge in [0.25, 0.3) is 0 Å². The Morgan fingerprint density at radius 2 is 1.85 bits per heavy atom. The van der Waals surface area contributed by atoms with E-state index >= 15 is 0 Å². The van der Waals surface area contributed by atoms with Crippen molar-refractivity contribution < 1.29 is 14.4 Å². The summed E-state index contributed by atoms with van der Waals surface area (Å²) < 4.78 is 0.907. The number of thioether (sulfide) groups is 1. The van der Waals surface area contributed by atoms with Gasteiger partial charge in [0.15, 0.2) is 11.0 Å². The zero-order valence-electron chi connectivity index (χ0n) is 21.9. The third-order valence-electron chi connectivity index (χ3n) is 7.17. The first kappa shape index (κ1) is 29.8. The quantitative estimate of drug-likeness (QED) is 0.140. The Labute approximate surface area is 247 Å². The Kier molecular flexibility index (Phi) is 10.0. The fraction of sp³-hybridized carbons (Fsp3) is 0.393. The van der Waals surface area contributed by atoms with Crippen LogP contribution in [0.25, 0.3) is 10.2 Å². The number of benzene rings is 2. The number of fused-ring (bicyclic) bond motifs is 2. The molecule has 2 aliphatic rings. The summed E-state index contributed by atoms with van der Waals surface area (Å²) in [5, 5.41) is 3.30. The van der Waals surface area contributed by atoms with E-state index in [1.165, 1.54) is 11.3 Å². The lowest BCUT2D eigenvalue weighted by molar-refractivity contribution is -0.146. The number of halogens is 1. The minimum Gasteiger partial charge on any atom is -0.370 e. The SMILES string of the molecule is Cl.NC(N)=NCCCC(NC(=O)[C@@H]1CS[C@H]2CC[C@@H](Cc3ccccc3)C(=O)N21)C(=O)c1nc2ccccc2s1. The van der Waals surface area contributed by atoms with Gasteiger partial charge in [-0.2, -0.15) is 0 Å². The monoisotopic (exact) mass is 600 g/mol. The van der Waals surface area contributed by atoms with E-state index in [4.69, 9.17) is 11.5 Å². The number of amides is 2. The summed E-state index contributed by atoms with van der Waals surface area (Å²) in [5.74, 6) is -0.199. The number of hydrogen-bond donors (Lipinski definition) is 3. The molecule has 2 saturated heterocycles. The van der Waals surface area contributed by atoms with E-state index < -0.39 is 12.1 Å². The van der Waals surface area contributed by atoms with Crippen LogP contribution in [0.4, 0.5) is 0 Å². The third-order valence-corrected chi connectivity index (χ3v) is 9.58. The van der Waals surface area contributed by atoms with Crippen LogP contribution < -0.4 is 16.8 Å². The van der Waals surface area contributed by atoms with Gasteiger partial charge in [-0.15, -0.1) is 35.5 Å². The number of aromatic nitrogens is 1. The van der Waals surface area contributed by atoms with Gasteiger partial charge >= 0.3 is 0 Å². The van der Waals surface area contributed by atoms with E-state index in [0.29, 0.717) is 36.6 Å². The van der Waals surface area contributed by atoms with Crippen LogP contribution in [0.1, 0.15) is 41.0 Å². The number of hydrogen-bond acceptors (Lipinski definition) is 7. The minimum absolute atomic E-state index is 0. The van der Waals surface area contributed by atoms with Crippen LogP contribution >= 0.6 is 35.5 Å². The number of carbonyl (C=O) groups is 3. The van der Waals surface area contributed by atoms with Crippen LogP contribution in [-0.4, -0.2) is 63.2 Å². The lowest BCUT2D eigenvalue weighted by Crippen LogP contribution is -2.56. The second kappa shape index (κ2) is 13.5. The number of rotatable bonds is 10. The first-order valence-electron chi connectivity index (χ1n) is 13.1. The van der Waals surface area contributed by atoms with Crippen LogP contribution in [0.5, 0.6) is 0 Å². The number of carbonyl (C=O) groups excluding carboxylic acids is 3. The van der Waals surface area contributed by atoms with Crippen molar-refractivity contribution in [2.75, 3.05) is 12.3 Å². The van der Waals surface area contributed by atoms with Crippen molar-refractivity contribution in [2.24, 2.45) is 22.4 Å². The molecule has 1 unspecified atom stereocenters. The van der Waals surface area contributed by atoms with Gasteiger partial charge in [-0.05, 0) is 49.8 Å². The highest BCUT2D eigenvalue weighted by Crippen LogP contribution is 2.39. The smallest absolute Gasteiger partial charge is 0.244 e. The largest absolute Gasteiger partial charge is 0.370 e. The molecule has 2 aliphatic heterocycles. The second-order valence-electron chi connectivity index (χ2n) is 9.87. The second-order valence-corrected chi connectivity index (χ2v) is 12.1. The maximum absolute atomic E-state index is 13.6. The summed E-state index contributed by atoms with van der Waals surface area (Å²) >= 11 is 2.95. The zero-order valence-corrected chi connectivity index (χ0v) is 24.4. The predicted octanol–water partition coefficient (Wildman–Crippen LogP) is 3.36. The molecule has 9 nitrogen and oxygen atoms in total. The van der Waals surface area contributed by atoms with Gasteiger partial charge in [-0.3, -0.25) is 19.4 Å². The van der Waals surface area contributed by atoms with E-state index in [-0.39, 0.29) is 47.3 Å². The molecule has 3 heterocycles. The summed E-state index contributed by atoms with van der Waals surface area (Å²) in [6, 6.07) is 16.1. The number of nitrogens with two attached hydrogens (primary N) is 2. The lowest BCUT2D eigenvalue weighted by atomic mass is 9.89. The molecule has 212 valence electrons. The van der Waals surface area contributed by atoms with Gasteiger partial charge in [0.1, 0.15) is 6.04 Å². The van der Waals surface area contributed by atoms with Gasteiger partial charge in [0.05, 0.1) is 21.6 Å². The zero-order chi connectivity index (χ0) is 27.4. The van der Waals surface area contributed by atoms with Gasteiger partial charge in [0, 0.05) is 18.2 Å². The average Bonchev–Trinajstić information content (AvgIpc) is 3.57. The van der Waals surface area contributed by atoms with Crippen molar-refractivity contribution in [1.29, 1.82) is 0 Å². The molecule has 0 saturated carbocycles. The summed E-state index contributed by atoms with van der Waals surface area (Å²) in [4.78, 5) is 51.0. The maximum atomic E-state index is 13.6. The van der Waals surface area contributed by atoms with Gasteiger partial charge in [-0.25, -0.2) is 4.98 Å². The topological polar surface area (TPSA) is 144 Å². The predicted molar refractivity (Wildman–Crippen MR) is 163 cm³/mol. The highest BCUT2D eigenvalue weighted by atomic mass is 35.5. The fourth-order valence-electron chi connectivity index (χ4n) is 5.22. The molecule has 3 aromatic rings. The molecule has 0 aliphatic carbocycles. The molecule has 40 heavy (non-hydrogen) atoms. The standard InChI is InChI=1S/C28H32N6O3S2.ClH/c29-28(30)31-14-6-10-20(24(35)26-33-19-9-4-5-11-22(19)39-26)32-25(36)21-16-38-23-13-12-18(27(37)34(21)23)15-17-7-2-1-3-8-17;/h1-5,7-9,11,18,20-21,23H,6,10,12-16H2,(H,32,36)(H4,29,30,31);1H/t18-,20?,21-,23-;/m0./s1. The van der Waals surface area contributed by atoms with Crippen molar-refractivity contribution in [2.45, 2.75) is 49.6 Å². The lowest BCUT2D eigenvalue weighted by Gasteiger charge is -2.37. The van der Waals surface area contributed by atoms with Crippen LogP contribution in [0.15, 0.2) is 59.6 Å². The molecule has 2 fully saturated rings. The van der Waals surface area contributed by atoms with Crippen LogP contribution in [0.2, 0.25) is 0 Å². The number of piperidine rings is 1. The van der Waals surface area contributed by atoms with Crippen molar-refractivity contribution in [3.8, 4) is 0 Å². The number of nitrogens with zero attached hydrogens (tertiary/aromatic N) is 3. The number of thiazole rings is 1. The number of nitrogens with one attached hydrogen (secondary N) is 1. The Morgan fingerprint density at radius 1 is 1.10 bits per heavy atom. The number of para-hydroxylation sites is 1. The minimum atomic E-state index is -0.795. The molecule has 0 bridgehead atoms. The molecular weight excluding hydrogens is 568 g/mol. The first-order valence-corrected chi connectivity index (χ1v) is 15.0. The normalized spacial score (nSPS) is 20.9. The highest BCUT2D eigenvalue weighted by molar-refractivity contribution is 8.00. The van der Waals surface area contributed by atoms with E-state index in [0.717, 1.165) is 28.6 Å². The fourth-order valence-corrected chi connectivity index (χ4v) is 7.61. The molecule has 0 spiro atoms. The maximum Gasteiger partial charge on any atom is 0.244 e. The van der Waals surface area contributed by atoms with Gasteiger partial charge in [0.2, 0.25) is 17.6 Å². The highest BCUT2D eigenvalue weighted by Gasteiger charge is 2.47. The van der Waals surface area contributed by atoms with Crippen LogP contribution in [0, 0.1) is 5.92 Å². The third kappa shape index (κ3) is 6.76. The number of Topliss-reactive ketones (excluding diaryl/α,β-unsaturated/α-hetero) is 1. The Morgan fingerprint density at radius 3 is 2.60 bits per heavy atom. The number of aliphatic imine (C=N–C) groups is 1. The Hall–Kier alpha value is -3.15. The molecule has 4 atom stereocenters. The molecule has 5 rings (SSSR count). The average molecular weight is 601 g/mol. The van der Waals surface area contributed by atoms with Crippen molar-refractivity contribution in [1.82, 2.24) is 15.2 Å². The Bertz CT molecular complexity index is 1350. The van der Waals surface area contributed by atoms with E-state index in [1.807, 2.05) is 54.6 Å². The number of ketones is 1. The van der Waals surface area contributed by atoms with Crippen molar-refractivity contribution in [3.63, 3.8) is 0 Å². The number of guanidine groups is 1. The molecule has 0 radical (unpaired) electrons. The summed E-state index contributed by atoms with van der Waals surface area (Å²) in [5.41, 5.74) is 12.7. The van der Waals surface area contributed by atoms with Gasteiger partial charge < -0.3 is 21.7 Å². The van der Waals surface area contributed by atoms with E-state index in [1.54, 1.807) is 16.7 Å². The Balaban J connectivity index is 0.00000370. The molecule has 2 amide bonds. The van der Waals surface area contributed by atoms with E-state index in [9.17, 15) is 14.4 Å². The molecule has 12 heteroatoms. The molecule has 1 aromatic heterocycles. The summed E-state index contributed by atoms with van der Waals surface area (Å²) in [6.07, 6.45) is 3.17. The molecular formula is C28H33ClN6O3S2. The molecule has 5 N–H and O–H groups in total. The van der Waals surface area contributed by atoms with Gasteiger partial charge in [-0.1, -0.05) is 42.5 Å². The van der Waals surface area contributed by atoms with Crippen molar-refractivity contribution in [3.05, 3.63) is 65.2 Å².